The van der Waals surface area contributed by atoms with Gasteiger partial charge in [0.2, 0.25) is 0 Å². The van der Waals surface area contributed by atoms with Crippen LogP contribution in [0.15, 0.2) is 24.3 Å². The van der Waals surface area contributed by atoms with Crippen LogP contribution in [-0.4, -0.2) is 30.1 Å². The highest BCUT2D eigenvalue weighted by Crippen LogP contribution is 2.29. The third-order valence-electron chi connectivity index (χ3n) is 4.90. The molecule has 1 aliphatic carbocycles. The summed E-state index contributed by atoms with van der Waals surface area (Å²) in [4.78, 5) is 23.3. The number of hydrogen-bond acceptors (Lipinski definition) is 4. The predicted octanol–water partition coefficient (Wildman–Crippen LogP) is 4.76. The van der Waals surface area contributed by atoms with Gasteiger partial charge in [-0.25, -0.2) is 0 Å². The zero-order valence-electron chi connectivity index (χ0n) is 16.3. The molecule has 0 fully saturated rings. The summed E-state index contributed by atoms with van der Waals surface area (Å²) in [6, 6.07) is 0. The largest absolute Gasteiger partial charge is 0.466 e. The van der Waals surface area contributed by atoms with Crippen molar-refractivity contribution in [1.82, 2.24) is 0 Å². The van der Waals surface area contributed by atoms with Crippen LogP contribution in [0.5, 0.6) is 0 Å². The van der Waals surface area contributed by atoms with E-state index in [2.05, 4.69) is 12.2 Å². The second-order valence-corrected chi connectivity index (χ2v) is 7.06. The molecule has 2 atom stereocenters. The van der Waals surface area contributed by atoms with Crippen molar-refractivity contribution in [1.29, 1.82) is 0 Å². The molecule has 0 aromatic carbocycles. The molecule has 26 heavy (non-hydrogen) atoms. The Bertz CT molecular complexity index is 453. The van der Waals surface area contributed by atoms with Crippen molar-refractivity contribution in [2.24, 2.45) is 11.8 Å². The molecule has 1 N–H and O–H groups in total. The van der Waals surface area contributed by atoms with Crippen LogP contribution in [0.25, 0.3) is 0 Å². The zero-order valence-corrected chi connectivity index (χ0v) is 16.3. The Kier molecular flexibility index (Phi) is 12.8. The number of esters is 1. The monoisotopic (exact) mass is 364 g/mol. The van der Waals surface area contributed by atoms with Crippen LogP contribution in [-0.2, 0) is 14.3 Å². The van der Waals surface area contributed by atoms with E-state index in [0.717, 1.165) is 64.2 Å². The molecule has 1 rings (SSSR count). The number of unbranched alkanes of at least 4 members (excludes halogenated alkanes) is 7. The molecule has 0 aliphatic heterocycles. The van der Waals surface area contributed by atoms with Gasteiger partial charge in [-0.15, -0.1) is 0 Å². The lowest BCUT2D eigenvalue weighted by Crippen LogP contribution is -2.14. The molecule has 4 nitrogen and oxygen atoms in total. The highest BCUT2D eigenvalue weighted by atomic mass is 16.5. The quantitative estimate of drug-likeness (QED) is 0.258. The average Bonchev–Trinajstić information content (AvgIpc) is 2.97. The fraction of sp³-hybridized carbons (Fsp3) is 0.727. The summed E-state index contributed by atoms with van der Waals surface area (Å²) in [5.41, 5.74) is 0. The summed E-state index contributed by atoms with van der Waals surface area (Å²) >= 11 is 0. The lowest BCUT2D eigenvalue weighted by molar-refractivity contribution is -0.143. The average molecular weight is 365 g/mol. The fourth-order valence-electron chi connectivity index (χ4n) is 3.39. The van der Waals surface area contributed by atoms with E-state index in [4.69, 9.17) is 9.84 Å². The Morgan fingerprint density at radius 1 is 1.12 bits per heavy atom. The van der Waals surface area contributed by atoms with Crippen LogP contribution in [0.3, 0.4) is 0 Å². The van der Waals surface area contributed by atoms with Crippen LogP contribution >= 0.6 is 0 Å². The molecule has 0 unspecified atom stereocenters. The molecule has 0 radical (unpaired) electrons. The van der Waals surface area contributed by atoms with E-state index >= 15 is 0 Å². The maximum atomic E-state index is 12.1. The zero-order chi connectivity index (χ0) is 19.0. The van der Waals surface area contributed by atoms with Crippen LogP contribution < -0.4 is 0 Å². The summed E-state index contributed by atoms with van der Waals surface area (Å²) in [5.74, 6) is 0.503. The van der Waals surface area contributed by atoms with Crippen LogP contribution in [0.2, 0.25) is 0 Å². The Hall–Kier alpha value is -1.42. The number of aliphatic hydroxyl groups is 1. The van der Waals surface area contributed by atoms with E-state index in [0.29, 0.717) is 13.0 Å². The van der Waals surface area contributed by atoms with E-state index in [-0.39, 0.29) is 30.2 Å². The molecule has 0 heterocycles. The van der Waals surface area contributed by atoms with Crippen molar-refractivity contribution in [3.8, 4) is 0 Å². The maximum absolute atomic E-state index is 12.1. The topological polar surface area (TPSA) is 63.6 Å². The first-order chi connectivity index (χ1) is 12.7. The van der Waals surface area contributed by atoms with E-state index < -0.39 is 0 Å². The Labute approximate surface area is 158 Å². The number of allylic oxidation sites excluding steroid dienone is 4. The second-order valence-electron chi connectivity index (χ2n) is 7.06. The minimum atomic E-state index is -0.107. The Morgan fingerprint density at radius 3 is 2.62 bits per heavy atom. The summed E-state index contributed by atoms with van der Waals surface area (Å²) in [6.07, 6.45) is 18.9. The third-order valence-corrected chi connectivity index (χ3v) is 4.90. The molecule has 0 amide bonds. The summed E-state index contributed by atoms with van der Waals surface area (Å²) in [5, 5.41) is 8.76. The molecule has 148 valence electrons. The lowest BCUT2D eigenvalue weighted by atomic mass is 9.88. The highest BCUT2D eigenvalue weighted by molar-refractivity contribution is 5.94. The molecule has 0 saturated heterocycles. The smallest absolute Gasteiger partial charge is 0.305 e. The van der Waals surface area contributed by atoms with Crippen molar-refractivity contribution in [2.45, 2.75) is 77.6 Å². The standard InChI is InChI=1S/C22H36O4/c1-2-26-22(25)15-11-7-6-10-14-20-19(16-17-21(20)24)13-9-5-3-4-8-12-18-23/h9,13,16-17,19-20,23H,2-8,10-12,14-15,18H2,1H3/b13-9+/t19-,20+/m0/s1. The number of carbonyl (C=O) groups is 2. The third kappa shape index (κ3) is 9.91. The number of hydrogen-bond donors (Lipinski definition) is 1. The van der Waals surface area contributed by atoms with E-state index in [1.165, 1.54) is 0 Å². The Morgan fingerprint density at radius 2 is 1.85 bits per heavy atom. The van der Waals surface area contributed by atoms with Gasteiger partial charge in [-0.2, -0.15) is 0 Å². The predicted molar refractivity (Wildman–Crippen MR) is 105 cm³/mol. The molecule has 0 spiro atoms. The number of rotatable bonds is 15. The minimum absolute atomic E-state index is 0.102. The summed E-state index contributed by atoms with van der Waals surface area (Å²) in [7, 11) is 0. The van der Waals surface area contributed by atoms with Gasteiger partial charge in [0, 0.05) is 24.9 Å². The van der Waals surface area contributed by atoms with Gasteiger partial charge in [0.05, 0.1) is 6.61 Å². The second kappa shape index (κ2) is 14.7. The van der Waals surface area contributed by atoms with Crippen LogP contribution in [0.1, 0.15) is 77.6 Å². The van der Waals surface area contributed by atoms with Gasteiger partial charge in [0.15, 0.2) is 5.78 Å². The van der Waals surface area contributed by atoms with Gasteiger partial charge < -0.3 is 9.84 Å². The van der Waals surface area contributed by atoms with Gasteiger partial charge >= 0.3 is 5.97 Å². The van der Waals surface area contributed by atoms with Crippen molar-refractivity contribution in [2.75, 3.05) is 13.2 Å². The van der Waals surface area contributed by atoms with Crippen molar-refractivity contribution in [3.05, 3.63) is 24.3 Å². The lowest BCUT2D eigenvalue weighted by Gasteiger charge is -2.14. The minimum Gasteiger partial charge on any atom is -0.466 e. The summed E-state index contributed by atoms with van der Waals surface area (Å²) < 4.78 is 4.92. The maximum Gasteiger partial charge on any atom is 0.305 e. The molecule has 0 saturated carbocycles. The Balaban J connectivity index is 2.15. The van der Waals surface area contributed by atoms with Crippen molar-refractivity contribution in [3.63, 3.8) is 0 Å². The van der Waals surface area contributed by atoms with Crippen molar-refractivity contribution >= 4 is 11.8 Å². The van der Waals surface area contributed by atoms with E-state index in [1.807, 2.05) is 13.0 Å². The van der Waals surface area contributed by atoms with E-state index in [9.17, 15) is 9.59 Å². The number of ether oxygens (including phenoxy) is 1. The van der Waals surface area contributed by atoms with Gasteiger partial charge in [-0.05, 0) is 45.1 Å². The van der Waals surface area contributed by atoms with Gasteiger partial charge in [0.25, 0.3) is 0 Å². The highest BCUT2D eigenvalue weighted by Gasteiger charge is 2.27. The molecular weight excluding hydrogens is 328 g/mol. The number of carbonyl (C=O) groups excluding carboxylic acids is 2. The van der Waals surface area contributed by atoms with Crippen LogP contribution in [0, 0.1) is 11.8 Å². The molecule has 4 heteroatoms. The number of aliphatic hydroxyl groups excluding tert-OH is 1. The molecular formula is C22H36O4. The SMILES string of the molecule is CCOC(=O)CCCCCC[C@H]1C(=O)C=C[C@@H]1/C=C/CCCCCCO. The first-order valence-corrected chi connectivity index (χ1v) is 10.3. The molecule has 0 bridgehead atoms. The van der Waals surface area contributed by atoms with Gasteiger partial charge in [0.1, 0.15) is 0 Å². The first-order valence-electron chi connectivity index (χ1n) is 10.3. The van der Waals surface area contributed by atoms with Crippen molar-refractivity contribution < 1.29 is 19.4 Å². The first kappa shape index (κ1) is 22.6. The van der Waals surface area contributed by atoms with Gasteiger partial charge in [-0.1, -0.05) is 50.3 Å². The molecule has 0 aromatic rings. The normalized spacial score (nSPS) is 19.5. The van der Waals surface area contributed by atoms with E-state index in [1.54, 1.807) is 6.08 Å². The van der Waals surface area contributed by atoms with Crippen LogP contribution in [0.4, 0.5) is 0 Å². The molecule has 0 aromatic heterocycles. The molecule has 1 aliphatic rings. The summed E-state index contributed by atoms with van der Waals surface area (Å²) in [6.45, 7) is 2.56. The van der Waals surface area contributed by atoms with Gasteiger partial charge in [-0.3, -0.25) is 9.59 Å². The fourth-order valence-corrected chi connectivity index (χ4v) is 3.39. The number of ketones is 1.